The first-order valence-corrected chi connectivity index (χ1v) is 15.4. The van der Waals surface area contributed by atoms with Gasteiger partial charge in [0.1, 0.15) is 23.2 Å². The van der Waals surface area contributed by atoms with Crippen LogP contribution in [0.5, 0.6) is 5.75 Å². The summed E-state index contributed by atoms with van der Waals surface area (Å²) in [6.45, 7) is 7.89. The smallest absolute Gasteiger partial charge is 0.435 e. The third-order valence-corrected chi connectivity index (χ3v) is 7.80. The van der Waals surface area contributed by atoms with Crippen LogP contribution in [-0.2, 0) is 4.74 Å². The molecule has 0 saturated carbocycles. The summed E-state index contributed by atoms with van der Waals surface area (Å²) in [7, 11) is 0. The fraction of sp³-hybridized carbons (Fsp3) is 0.270. The summed E-state index contributed by atoms with van der Waals surface area (Å²) in [5.41, 5.74) is 2.97. The Labute approximate surface area is 267 Å². The van der Waals surface area contributed by atoms with Crippen molar-refractivity contribution in [3.8, 4) is 28.3 Å². The number of aromatic nitrogens is 2. The lowest BCUT2D eigenvalue weighted by Crippen LogP contribution is -2.30. The molecule has 1 fully saturated rings. The Hall–Kier alpha value is -5.31. The van der Waals surface area contributed by atoms with Crippen LogP contribution in [0.25, 0.3) is 33.3 Å². The fourth-order valence-corrected chi connectivity index (χ4v) is 5.54. The van der Waals surface area contributed by atoms with Gasteiger partial charge in [0.2, 0.25) is 11.7 Å². The van der Waals surface area contributed by atoms with Gasteiger partial charge in [-0.25, -0.2) is 4.79 Å². The molecule has 234 valence electrons. The molecular formula is C37H36N4O5. The van der Waals surface area contributed by atoms with Crippen LogP contribution in [-0.4, -0.2) is 51.5 Å². The highest BCUT2D eigenvalue weighted by Gasteiger charge is 2.32. The van der Waals surface area contributed by atoms with Crippen LogP contribution in [0.2, 0.25) is 0 Å². The van der Waals surface area contributed by atoms with E-state index in [1.807, 2.05) is 117 Å². The van der Waals surface area contributed by atoms with Crippen LogP contribution >= 0.6 is 0 Å². The number of Topliss-reactive ketones (excluding diaryl/α,β-unsaturated/α-hetero) is 1. The van der Waals surface area contributed by atoms with Crippen LogP contribution in [0.15, 0.2) is 101 Å². The first kappa shape index (κ1) is 30.7. The summed E-state index contributed by atoms with van der Waals surface area (Å²) < 4.78 is 16.9. The van der Waals surface area contributed by atoms with E-state index in [0.29, 0.717) is 28.9 Å². The standard InChI is InChI=1S/C37H36N4O5/c1-24(38-36(43)45-37(2,3)4)41-20-8-11-32(41)35-39-34(40-46-35)30-17-16-29-22-31(19-18-28(29)21-30)44-23-33(42)27-14-12-26(13-15-27)25-9-6-5-7-10-25/h5-7,9-10,12-19,21-22,32H,8,11,20,23H2,1-4H3/t32-/m0/s1. The van der Waals surface area contributed by atoms with E-state index in [1.54, 1.807) is 6.92 Å². The fourth-order valence-electron chi connectivity index (χ4n) is 5.54. The predicted octanol–water partition coefficient (Wildman–Crippen LogP) is 8.31. The molecule has 0 bridgehead atoms. The molecule has 1 atom stereocenters. The summed E-state index contributed by atoms with van der Waals surface area (Å²) in [6.07, 6.45) is 1.10. The molecule has 1 aliphatic heterocycles. The van der Waals surface area contributed by atoms with Crippen molar-refractivity contribution in [2.24, 2.45) is 4.99 Å². The minimum Gasteiger partial charge on any atom is -0.485 e. The molecule has 2 heterocycles. The van der Waals surface area contributed by atoms with Crippen LogP contribution in [0, 0.1) is 0 Å². The number of nitrogens with zero attached hydrogens (tertiary/aromatic N) is 4. The highest BCUT2D eigenvalue weighted by atomic mass is 16.6. The van der Waals surface area contributed by atoms with Gasteiger partial charge in [0, 0.05) is 17.7 Å². The zero-order valence-corrected chi connectivity index (χ0v) is 26.4. The molecule has 0 spiro atoms. The molecule has 46 heavy (non-hydrogen) atoms. The number of rotatable bonds is 7. The Morgan fingerprint density at radius 2 is 1.61 bits per heavy atom. The van der Waals surface area contributed by atoms with Crippen LogP contribution < -0.4 is 4.74 Å². The summed E-state index contributed by atoms with van der Waals surface area (Å²) in [4.78, 5) is 35.9. The third-order valence-electron chi connectivity index (χ3n) is 7.80. The van der Waals surface area contributed by atoms with Crippen LogP contribution in [0.3, 0.4) is 0 Å². The topological polar surface area (TPSA) is 107 Å². The molecule has 4 aromatic carbocycles. The van der Waals surface area contributed by atoms with E-state index in [4.69, 9.17) is 19.0 Å². The Kier molecular flexibility index (Phi) is 8.66. The maximum Gasteiger partial charge on any atom is 0.435 e. The SMILES string of the molecule is CC(=NC(=O)OC(C)(C)C)N1CCC[C@H]1c1nc(-c2ccc3cc(OCC(=O)c4ccc(-c5ccccc5)cc4)ccc3c2)no1. The number of carbonyl (C=O) groups is 2. The quantitative estimate of drug-likeness (QED) is 0.102. The number of hydrogen-bond acceptors (Lipinski definition) is 7. The van der Waals surface area contributed by atoms with Gasteiger partial charge < -0.3 is 18.9 Å². The van der Waals surface area contributed by atoms with E-state index >= 15 is 0 Å². The molecular weight excluding hydrogens is 580 g/mol. The van der Waals surface area contributed by atoms with Gasteiger partial charge >= 0.3 is 6.09 Å². The van der Waals surface area contributed by atoms with Crippen molar-refractivity contribution in [2.45, 2.75) is 52.2 Å². The second kappa shape index (κ2) is 13.0. The molecule has 1 amide bonds. The molecule has 0 radical (unpaired) electrons. The Morgan fingerprint density at radius 1 is 0.913 bits per heavy atom. The summed E-state index contributed by atoms with van der Waals surface area (Å²) in [6, 6.07) is 29.1. The minimum atomic E-state index is -0.619. The van der Waals surface area contributed by atoms with Crippen molar-refractivity contribution in [1.29, 1.82) is 0 Å². The number of hydrogen-bond donors (Lipinski definition) is 0. The molecule has 0 unspecified atom stereocenters. The second-order valence-corrected chi connectivity index (χ2v) is 12.3. The van der Waals surface area contributed by atoms with Crippen molar-refractivity contribution >= 4 is 28.5 Å². The minimum absolute atomic E-state index is 0.0555. The number of benzene rings is 4. The lowest BCUT2D eigenvalue weighted by Gasteiger charge is -2.24. The number of fused-ring (bicyclic) bond motifs is 1. The van der Waals surface area contributed by atoms with Crippen molar-refractivity contribution in [1.82, 2.24) is 15.0 Å². The van der Waals surface area contributed by atoms with Gasteiger partial charge in [-0.3, -0.25) is 4.79 Å². The maximum absolute atomic E-state index is 12.8. The zero-order chi connectivity index (χ0) is 32.3. The number of ketones is 1. The highest BCUT2D eigenvalue weighted by Crippen LogP contribution is 2.33. The number of amides is 1. The van der Waals surface area contributed by atoms with Gasteiger partial charge in [-0.1, -0.05) is 78.0 Å². The third kappa shape index (κ3) is 7.15. The molecule has 9 heteroatoms. The molecule has 0 aliphatic carbocycles. The number of amidine groups is 1. The van der Waals surface area contributed by atoms with Gasteiger partial charge in [0.15, 0.2) is 12.4 Å². The largest absolute Gasteiger partial charge is 0.485 e. The average Bonchev–Trinajstić information content (AvgIpc) is 3.73. The van der Waals surface area contributed by atoms with Gasteiger partial charge in [-0.15, -0.1) is 0 Å². The molecule has 1 saturated heterocycles. The predicted molar refractivity (Wildman–Crippen MR) is 177 cm³/mol. The van der Waals surface area contributed by atoms with Crippen molar-refractivity contribution in [2.75, 3.05) is 13.2 Å². The first-order chi connectivity index (χ1) is 22.1. The van der Waals surface area contributed by atoms with Crippen molar-refractivity contribution < 1.29 is 23.6 Å². The molecule has 1 aromatic heterocycles. The average molecular weight is 617 g/mol. The van der Waals surface area contributed by atoms with Gasteiger partial charge in [-0.05, 0) is 80.6 Å². The van der Waals surface area contributed by atoms with Gasteiger partial charge in [-0.2, -0.15) is 9.98 Å². The number of carbonyl (C=O) groups excluding carboxylic acids is 2. The van der Waals surface area contributed by atoms with Crippen molar-refractivity contribution in [3.63, 3.8) is 0 Å². The lowest BCUT2D eigenvalue weighted by molar-refractivity contribution is 0.0601. The van der Waals surface area contributed by atoms with Crippen molar-refractivity contribution in [3.05, 3.63) is 102 Å². The number of aliphatic imine (C=N–C) groups is 1. The molecule has 0 N–H and O–H groups in total. The second-order valence-electron chi connectivity index (χ2n) is 12.3. The molecule has 1 aliphatic rings. The maximum atomic E-state index is 12.8. The summed E-state index contributed by atoms with van der Waals surface area (Å²) in [5, 5.41) is 6.19. The molecule has 5 aromatic rings. The zero-order valence-electron chi connectivity index (χ0n) is 26.4. The number of likely N-dealkylation sites (tertiary alicyclic amines) is 1. The van der Waals surface area contributed by atoms with E-state index < -0.39 is 11.7 Å². The Bertz CT molecular complexity index is 1890. The normalized spacial score (nSPS) is 15.3. The lowest BCUT2D eigenvalue weighted by atomic mass is 10.0. The molecule has 6 rings (SSSR count). The van der Waals surface area contributed by atoms with Gasteiger partial charge in [0.25, 0.3) is 0 Å². The van der Waals surface area contributed by atoms with E-state index in [0.717, 1.165) is 46.8 Å². The van der Waals surface area contributed by atoms with Crippen LogP contribution in [0.1, 0.15) is 62.8 Å². The van der Waals surface area contributed by atoms with Crippen LogP contribution in [0.4, 0.5) is 4.79 Å². The van der Waals surface area contributed by atoms with Gasteiger partial charge in [0.05, 0.1) is 0 Å². The van der Waals surface area contributed by atoms with E-state index in [2.05, 4.69) is 10.1 Å². The highest BCUT2D eigenvalue weighted by molar-refractivity contribution is 5.97. The Balaban J connectivity index is 1.10. The summed E-state index contributed by atoms with van der Waals surface area (Å²) in [5.74, 6) is 2.04. The monoisotopic (exact) mass is 616 g/mol. The van der Waals surface area contributed by atoms with E-state index in [9.17, 15) is 9.59 Å². The number of ether oxygens (including phenoxy) is 2. The molecule has 9 nitrogen and oxygen atoms in total. The van der Waals surface area contributed by atoms with E-state index in [-0.39, 0.29) is 18.4 Å². The first-order valence-electron chi connectivity index (χ1n) is 15.4. The summed E-state index contributed by atoms with van der Waals surface area (Å²) >= 11 is 0. The van der Waals surface area contributed by atoms with E-state index in [1.165, 1.54) is 0 Å². The Morgan fingerprint density at radius 3 is 2.37 bits per heavy atom.